The summed E-state index contributed by atoms with van der Waals surface area (Å²) in [6.07, 6.45) is 5.28. The molecule has 0 unspecified atom stereocenters. The van der Waals surface area contributed by atoms with Crippen molar-refractivity contribution in [2.75, 3.05) is 0 Å². The van der Waals surface area contributed by atoms with E-state index in [2.05, 4.69) is 4.98 Å². The second kappa shape index (κ2) is 5.62. The monoisotopic (exact) mass is 215 g/mol. The number of nitrogens with zero attached hydrogens (tertiary/aromatic N) is 1. The van der Waals surface area contributed by atoms with Crippen LogP contribution >= 0.6 is 12.4 Å². The minimum absolute atomic E-state index is 0. The molecular weight excluding hydrogens is 202 g/mol. The summed E-state index contributed by atoms with van der Waals surface area (Å²) < 4.78 is 0. The van der Waals surface area contributed by atoms with E-state index in [1.165, 1.54) is 0 Å². The highest BCUT2D eigenvalue weighted by atomic mass is 35.5. The maximum absolute atomic E-state index is 9.55. The zero-order valence-corrected chi connectivity index (χ0v) is 9.01. The van der Waals surface area contributed by atoms with Gasteiger partial charge in [0.05, 0.1) is 12.3 Å². The van der Waals surface area contributed by atoms with Crippen molar-refractivity contribution in [1.82, 2.24) is 4.98 Å². The van der Waals surface area contributed by atoms with Crippen LogP contribution in [0.5, 0.6) is 5.75 Å². The lowest BCUT2D eigenvalue weighted by Crippen LogP contribution is -1.94. The molecule has 1 aromatic rings. The van der Waals surface area contributed by atoms with Gasteiger partial charge < -0.3 is 10.2 Å². The van der Waals surface area contributed by atoms with Gasteiger partial charge >= 0.3 is 0 Å². The summed E-state index contributed by atoms with van der Waals surface area (Å²) in [7, 11) is 0. The first-order chi connectivity index (χ1) is 6.20. The molecule has 0 bridgehead atoms. The Morgan fingerprint density at radius 2 is 2.14 bits per heavy atom. The van der Waals surface area contributed by atoms with E-state index in [0.29, 0.717) is 11.3 Å². The van der Waals surface area contributed by atoms with Crippen molar-refractivity contribution >= 4 is 18.5 Å². The highest BCUT2D eigenvalue weighted by molar-refractivity contribution is 5.85. The Balaban J connectivity index is 0.00000169. The second-order valence-corrected chi connectivity index (χ2v) is 2.78. The number of hydrogen-bond donors (Lipinski definition) is 2. The van der Waals surface area contributed by atoms with E-state index < -0.39 is 0 Å². The van der Waals surface area contributed by atoms with E-state index in [0.717, 1.165) is 5.56 Å². The van der Waals surface area contributed by atoms with Crippen molar-refractivity contribution in [2.45, 2.75) is 20.5 Å². The summed E-state index contributed by atoms with van der Waals surface area (Å²) in [6, 6.07) is 0. The summed E-state index contributed by atoms with van der Waals surface area (Å²) in [4.78, 5) is 3.99. The lowest BCUT2D eigenvalue weighted by atomic mass is 10.1. The number of halogens is 1. The largest absolute Gasteiger partial charge is 0.506 e. The Hall–Kier alpha value is -1.06. The zero-order valence-electron chi connectivity index (χ0n) is 8.19. The van der Waals surface area contributed by atoms with Gasteiger partial charge in [-0.2, -0.15) is 0 Å². The van der Waals surface area contributed by atoms with Gasteiger partial charge in [-0.1, -0.05) is 12.2 Å². The van der Waals surface area contributed by atoms with Crippen LogP contribution in [0.15, 0.2) is 12.3 Å². The first-order valence-electron chi connectivity index (χ1n) is 4.11. The van der Waals surface area contributed by atoms with Crippen LogP contribution < -0.4 is 0 Å². The molecule has 4 heteroatoms. The topological polar surface area (TPSA) is 53.4 Å². The smallest absolute Gasteiger partial charge is 0.142 e. The molecule has 0 aliphatic heterocycles. The number of allylic oxidation sites excluding steroid dienone is 1. The van der Waals surface area contributed by atoms with Gasteiger partial charge in [-0.3, -0.25) is 4.98 Å². The normalized spacial score (nSPS) is 10.2. The molecule has 2 N–H and O–H groups in total. The number of rotatable bonds is 2. The maximum Gasteiger partial charge on any atom is 0.142 e. The summed E-state index contributed by atoms with van der Waals surface area (Å²) in [5, 5.41) is 18.6. The van der Waals surface area contributed by atoms with Gasteiger partial charge in [-0.25, -0.2) is 0 Å². The quantitative estimate of drug-likeness (QED) is 0.794. The van der Waals surface area contributed by atoms with Gasteiger partial charge in [-0.05, 0) is 13.8 Å². The molecule has 0 aromatic carbocycles. The van der Waals surface area contributed by atoms with Gasteiger partial charge in [0.15, 0.2) is 0 Å². The third kappa shape index (κ3) is 2.47. The number of aromatic hydroxyl groups is 1. The first kappa shape index (κ1) is 12.9. The lowest BCUT2D eigenvalue weighted by molar-refractivity contribution is 0.274. The van der Waals surface area contributed by atoms with Crippen LogP contribution in [0.1, 0.15) is 23.7 Å². The summed E-state index contributed by atoms with van der Waals surface area (Å²) >= 11 is 0. The van der Waals surface area contributed by atoms with Crippen molar-refractivity contribution < 1.29 is 10.2 Å². The Morgan fingerprint density at radius 3 is 2.64 bits per heavy atom. The molecule has 0 saturated heterocycles. The molecule has 0 radical (unpaired) electrons. The third-order valence-electron chi connectivity index (χ3n) is 1.88. The Morgan fingerprint density at radius 1 is 1.50 bits per heavy atom. The predicted molar refractivity (Wildman–Crippen MR) is 58.5 cm³/mol. The number of aryl methyl sites for hydroxylation is 1. The minimum Gasteiger partial charge on any atom is -0.506 e. The molecule has 0 atom stereocenters. The van der Waals surface area contributed by atoms with Gasteiger partial charge in [0.1, 0.15) is 5.75 Å². The molecule has 0 amide bonds. The first-order valence-corrected chi connectivity index (χ1v) is 4.11. The Labute approximate surface area is 89.5 Å². The SMILES string of the molecule is C/C=C\c1cnc(C)c(O)c1CO.Cl. The molecule has 3 nitrogen and oxygen atoms in total. The molecule has 1 heterocycles. The lowest BCUT2D eigenvalue weighted by Gasteiger charge is -2.06. The van der Waals surface area contributed by atoms with E-state index >= 15 is 0 Å². The number of aliphatic hydroxyl groups excluding tert-OH is 1. The highest BCUT2D eigenvalue weighted by Gasteiger charge is 2.07. The average Bonchev–Trinajstić information content (AvgIpc) is 2.12. The van der Waals surface area contributed by atoms with Crippen molar-refractivity contribution in [3.05, 3.63) is 29.1 Å². The number of aromatic nitrogens is 1. The van der Waals surface area contributed by atoms with Gasteiger partial charge in [0.25, 0.3) is 0 Å². The Kier molecular flexibility index (Phi) is 5.20. The molecule has 0 saturated carbocycles. The van der Waals surface area contributed by atoms with Crippen molar-refractivity contribution in [3.8, 4) is 5.75 Å². The molecule has 0 fully saturated rings. The van der Waals surface area contributed by atoms with Crippen LogP contribution in [-0.2, 0) is 6.61 Å². The molecule has 78 valence electrons. The fourth-order valence-electron chi connectivity index (χ4n) is 1.15. The molecule has 0 aliphatic carbocycles. The molecule has 14 heavy (non-hydrogen) atoms. The van der Waals surface area contributed by atoms with Crippen LogP contribution in [0.3, 0.4) is 0 Å². The molecule has 0 aliphatic rings. The number of hydrogen-bond acceptors (Lipinski definition) is 3. The average molecular weight is 216 g/mol. The number of aliphatic hydroxyl groups is 1. The summed E-state index contributed by atoms with van der Waals surface area (Å²) in [6.45, 7) is 3.40. The molecule has 1 aromatic heterocycles. The predicted octanol–water partition coefficient (Wildman–Crippen LogP) is 2.04. The van der Waals surface area contributed by atoms with Crippen molar-refractivity contribution in [3.63, 3.8) is 0 Å². The van der Waals surface area contributed by atoms with Crippen molar-refractivity contribution in [2.24, 2.45) is 0 Å². The molecule has 1 rings (SSSR count). The van der Waals surface area contributed by atoms with Crippen LogP contribution in [0.2, 0.25) is 0 Å². The zero-order chi connectivity index (χ0) is 9.84. The summed E-state index contributed by atoms with van der Waals surface area (Å²) in [5.41, 5.74) is 1.83. The van der Waals surface area contributed by atoms with E-state index in [1.54, 1.807) is 19.2 Å². The minimum atomic E-state index is -0.172. The van der Waals surface area contributed by atoms with Gasteiger partial charge in [0, 0.05) is 17.3 Å². The summed E-state index contributed by atoms with van der Waals surface area (Å²) in [5.74, 6) is 0.0816. The Bertz CT molecular complexity index is 337. The molecule has 0 spiro atoms. The van der Waals surface area contributed by atoms with Crippen LogP contribution in [0.4, 0.5) is 0 Å². The van der Waals surface area contributed by atoms with Gasteiger partial charge in [-0.15, -0.1) is 12.4 Å². The maximum atomic E-state index is 9.55. The van der Waals surface area contributed by atoms with Crippen molar-refractivity contribution in [1.29, 1.82) is 0 Å². The second-order valence-electron chi connectivity index (χ2n) is 2.78. The van der Waals surface area contributed by atoms with Crippen LogP contribution in [0.25, 0.3) is 6.08 Å². The fraction of sp³-hybridized carbons (Fsp3) is 0.300. The van der Waals surface area contributed by atoms with E-state index in [-0.39, 0.29) is 24.8 Å². The van der Waals surface area contributed by atoms with Crippen LogP contribution in [-0.4, -0.2) is 15.2 Å². The van der Waals surface area contributed by atoms with Gasteiger partial charge in [0.2, 0.25) is 0 Å². The van der Waals surface area contributed by atoms with E-state index in [9.17, 15) is 5.11 Å². The standard InChI is InChI=1S/C10H13NO2.ClH/c1-3-4-8-5-11-7(2)10(13)9(8)6-12;/h3-5,12-13H,6H2,1-2H3;1H/b4-3-;. The number of pyridine rings is 1. The van der Waals surface area contributed by atoms with Crippen LogP contribution in [0, 0.1) is 6.92 Å². The fourth-order valence-corrected chi connectivity index (χ4v) is 1.15. The third-order valence-corrected chi connectivity index (χ3v) is 1.88. The molecular formula is C10H14ClNO2. The highest BCUT2D eigenvalue weighted by Crippen LogP contribution is 2.24. The van der Waals surface area contributed by atoms with E-state index in [1.807, 2.05) is 13.0 Å². The van der Waals surface area contributed by atoms with E-state index in [4.69, 9.17) is 5.11 Å².